The van der Waals surface area contributed by atoms with Crippen molar-refractivity contribution in [2.45, 2.75) is 33.4 Å². The summed E-state index contributed by atoms with van der Waals surface area (Å²) >= 11 is 0. The maximum atomic E-state index is 13.1. The first-order valence-electron chi connectivity index (χ1n) is 9.72. The zero-order valence-corrected chi connectivity index (χ0v) is 17.4. The quantitative estimate of drug-likeness (QED) is 0.657. The Bertz CT molecular complexity index is 837. The first-order chi connectivity index (χ1) is 13.9. The highest BCUT2D eigenvalue weighted by Gasteiger charge is 2.51. The number of para-hydroxylation sites is 2. The van der Waals surface area contributed by atoms with E-state index in [2.05, 4.69) is 34.9 Å². The molecular weight excluding hydrogens is 366 g/mol. The molecule has 0 bridgehead atoms. The van der Waals surface area contributed by atoms with Crippen molar-refractivity contribution in [3.63, 3.8) is 0 Å². The fourth-order valence-corrected chi connectivity index (χ4v) is 2.90. The molecule has 0 radical (unpaired) electrons. The molecule has 1 unspecified atom stereocenters. The van der Waals surface area contributed by atoms with Gasteiger partial charge in [0, 0.05) is 12.6 Å². The van der Waals surface area contributed by atoms with E-state index in [1.807, 2.05) is 48.5 Å². The van der Waals surface area contributed by atoms with Gasteiger partial charge in [-0.3, -0.25) is 9.59 Å². The second kappa shape index (κ2) is 10.4. The number of benzene rings is 2. The number of amides is 2. The Labute approximate surface area is 172 Å². The van der Waals surface area contributed by atoms with E-state index in [1.54, 1.807) is 19.1 Å². The topological polar surface area (TPSA) is 85.8 Å². The molecule has 2 aromatic rings. The molecule has 154 valence electrons. The lowest BCUT2D eigenvalue weighted by Gasteiger charge is -2.30. The van der Waals surface area contributed by atoms with Gasteiger partial charge in [-0.25, -0.2) is 0 Å². The number of nitrogens with zero attached hydrogens (tertiary/aromatic N) is 2. The van der Waals surface area contributed by atoms with Crippen LogP contribution in [0, 0.1) is 0 Å². The summed E-state index contributed by atoms with van der Waals surface area (Å²) in [6, 6.07) is 18.4. The van der Waals surface area contributed by atoms with Crippen LogP contribution in [0.15, 0.2) is 65.8 Å². The summed E-state index contributed by atoms with van der Waals surface area (Å²) in [5.74, 6) is -0.679. The molecule has 0 aromatic heterocycles. The first kappa shape index (κ1) is 22.1. The Hall–Kier alpha value is -3.19. The molecule has 1 aliphatic rings. The molecule has 0 spiro atoms. The molecule has 0 fully saturated rings. The molecule has 3 N–H and O–H groups in total. The van der Waals surface area contributed by atoms with Crippen molar-refractivity contribution in [1.29, 1.82) is 0 Å². The van der Waals surface area contributed by atoms with Crippen LogP contribution in [0.3, 0.4) is 0 Å². The SMILES string of the molecule is CC(=O)NC1(Nc2ccccc2)C(=O)N(c2ccccc2)N=C1C.CCNCC. The monoisotopic (exact) mass is 395 g/mol. The Morgan fingerprint density at radius 2 is 1.55 bits per heavy atom. The third kappa shape index (κ3) is 5.42. The van der Waals surface area contributed by atoms with Crippen molar-refractivity contribution in [2.24, 2.45) is 5.10 Å². The molecule has 7 heteroatoms. The number of hydrazone groups is 1. The summed E-state index contributed by atoms with van der Waals surface area (Å²) in [5.41, 5.74) is 0.423. The minimum atomic E-state index is -1.40. The van der Waals surface area contributed by atoms with Gasteiger partial charge in [0.15, 0.2) is 0 Å². The standard InChI is InChI=1S/C18H18N4O2.C4H11N/c1-13-18(19-14(2)23,20-15-9-5-3-6-10-15)17(24)22(21-13)16-11-7-4-8-12-16;1-3-5-4-2/h3-12,20H,1-2H3,(H,19,23);5H,3-4H2,1-2H3. The predicted molar refractivity (Wildman–Crippen MR) is 118 cm³/mol. The predicted octanol–water partition coefficient (Wildman–Crippen LogP) is 2.97. The highest BCUT2D eigenvalue weighted by Crippen LogP contribution is 2.28. The average Bonchev–Trinajstić information content (AvgIpc) is 2.95. The third-order valence-corrected chi connectivity index (χ3v) is 4.28. The van der Waals surface area contributed by atoms with Gasteiger partial charge in [-0.05, 0) is 44.3 Å². The van der Waals surface area contributed by atoms with Crippen molar-refractivity contribution in [3.05, 3.63) is 60.7 Å². The molecule has 2 aromatic carbocycles. The van der Waals surface area contributed by atoms with E-state index >= 15 is 0 Å². The van der Waals surface area contributed by atoms with E-state index in [0.29, 0.717) is 17.1 Å². The molecule has 1 atom stereocenters. The minimum Gasteiger partial charge on any atom is -0.350 e. The summed E-state index contributed by atoms with van der Waals surface area (Å²) in [7, 11) is 0. The van der Waals surface area contributed by atoms with Crippen LogP contribution in [0.5, 0.6) is 0 Å². The Morgan fingerprint density at radius 1 is 1.00 bits per heavy atom. The molecular formula is C22H29N5O2. The van der Waals surface area contributed by atoms with E-state index in [1.165, 1.54) is 11.9 Å². The van der Waals surface area contributed by atoms with Crippen molar-refractivity contribution >= 4 is 28.9 Å². The fraction of sp³-hybridized carbons (Fsp3) is 0.318. The molecule has 29 heavy (non-hydrogen) atoms. The van der Waals surface area contributed by atoms with Gasteiger partial charge in [0.05, 0.1) is 11.4 Å². The second-order valence-electron chi connectivity index (χ2n) is 6.52. The van der Waals surface area contributed by atoms with Crippen molar-refractivity contribution in [3.8, 4) is 0 Å². The summed E-state index contributed by atoms with van der Waals surface area (Å²) in [4.78, 5) is 24.9. The number of rotatable bonds is 6. The molecule has 1 aliphatic heterocycles. The van der Waals surface area contributed by atoms with Crippen molar-refractivity contribution in [2.75, 3.05) is 23.4 Å². The number of carbonyl (C=O) groups is 2. The Kier molecular flexibility index (Phi) is 7.91. The van der Waals surface area contributed by atoms with Crippen LogP contribution in [-0.4, -0.2) is 36.3 Å². The largest absolute Gasteiger partial charge is 0.350 e. The summed E-state index contributed by atoms with van der Waals surface area (Å²) in [6.07, 6.45) is 0. The van der Waals surface area contributed by atoms with E-state index in [-0.39, 0.29) is 11.8 Å². The molecule has 3 rings (SSSR count). The lowest BCUT2D eigenvalue weighted by Crippen LogP contribution is -2.64. The van der Waals surface area contributed by atoms with Crippen molar-refractivity contribution in [1.82, 2.24) is 10.6 Å². The van der Waals surface area contributed by atoms with Crippen LogP contribution in [0.25, 0.3) is 0 Å². The van der Waals surface area contributed by atoms with Crippen LogP contribution in [0.4, 0.5) is 11.4 Å². The van der Waals surface area contributed by atoms with Crippen LogP contribution in [0.2, 0.25) is 0 Å². The summed E-state index contributed by atoms with van der Waals surface area (Å²) in [5, 5.41) is 14.6. The first-order valence-corrected chi connectivity index (χ1v) is 9.72. The van der Waals surface area contributed by atoms with Gasteiger partial charge >= 0.3 is 0 Å². The van der Waals surface area contributed by atoms with Gasteiger partial charge < -0.3 is 16.0 Å². The average molecular weight is 396 g/mol. The smallest absolute Gasteiger partial charge is 0.300 e. The zero-order valence-electron chi connectivity index (χ0n) is 17.4. The maximum Gasteiger partial charge on any atom is 0.300 e. The lowest BCUT2D eigenvalue weighted by atomic mass is 10.0. The second-order valence-corrected chi connectivity index (χ2v) is 6.52. The van der Waals surface area contributed by atoms with Gasteiger partial charge in [-0.15, -0.1) is 0 Å². The van der Waals surface area contributed by atoms with Crippen molar-refractivity contribution < 1.29 is 9.59 Å². The molecule has 7 nitrogen and oxygen atoms in total. The number of anilines is 2. The molecule has 1 heterocycles. The van der Waals surface area contributed by atoms with Crippen LogP contribution in [0.1, 0.15) is 27.7 Å². The number of hydrogen-bond donors (Lipinski definition) is 3. The van der Waals surface area contributed by atoms with Gasteiger partial charge in [0.2, 0.25) is 11.6 Å². The minimum absolute atomic E-state index is 0.323. The number of carbonyl (C=O) groups excluding carboxylic acids is 2. The van der Waals surface area contributed by atoms with Gasteiger partial charge in [0.1, 0.15) is 0 Å². The number of hydrogen-bond acceptors (Lipinski definition) is 5. The van der Waals surface area contributed by atoms with E-state index in [4.69, 9.17) is 0 Å². The molecule has 2 amide bonds. The highest BCUT2D eigenvalue weighted by molar-refractivity contribution is 6.25. The number of nitrogens with one attached hydrogen (secondary N) is 3. The fourth-order valence-electron chi connectivity index (χ4n) is 2.90. The Balaban J connectivity index is 0.000000537. The zero-order chi connectivity index (χ0) is 21.3. The molecule has 0 saturated heterocycles. The van der Waals surface area contributed by atoms with Gasteiger partial charge in [0.25, 0.3) is 5.91 Å². The normalized spacial score (nSPS) is 17.9. The Morgan fingerprint density at radius 3 is 2.03 bits per heavy atom. The lowest BCUT2D eigenvalue weighted by molar-refractivity contribution is -0.127. The van der Waals surface area contributed by atoms with Crippen LogP contribution >= 0.6 is 0 Å². The van der Waals surface area contributed by atoms with Gasteiger partial charge in [-0.2, -0.15) is 10.1 Å². The molecule has 0 aliphatic carbocycles. The maximum absolute atomic E-state index is 13.1. The van der Waals surface area contributed by atoms with E-state index < -0.39 is 5.66 Å². The van der Waals surface area contributed by atoms with E-state index in [9.17, 15) is 9.59 Å². The van der Waals surface area contributed by atoms with Crippen LogP contribution in [-0.2, 0) is 9.59 Å². The molecule has 0 saturated carbocycles. The summed E-state index contributed by atoms with van der Waals surface area (Å²) < 4.78 is 0. The summed E-state index contributed by atoms with van der Waals surface area (Å²) in [6.45, 7) is 9.48. The third-order valence-electron chi connectivity index (χ3n) is 4.28. The van der Waals surface area contributed by atoms with Crippen LogP contribution < -0.4 is 21.0 Å². The van der Waals surface area contributed by atoms with Gasteiger partial charge in [-0.1, -0.05) is 50.2 Å². The van der Waals surface area contributed by atoms with E-state index in [0.717, 1.165) is 13.1 Å². The highest BCUT2D eigenvalue weighted by atomic mass is 16.2.